The number of rotatable bonds is 10. The molecule has 0 bridgehead atoms. The average Bonchev–Trinajstić information content (AvgIpc) is 3.04. The zero-order chi connectivity index (χ0) is 24.0. The number of carbonyl (C=O) groups is 2. The lowest BCUT2D eigenvalue weighted by molar-refractivity contribution is -0.139. The summed E-state index contributed by atoms with van der Waals surface area (Å²) in [6.07, 6.45) is 2.66. The lowest BCUT2D eigenvalue weighted by Crippen LogP contribution is -2.32. The van der Waals surface area contributed by atoms with Crippen molar-refractivity contribution < 1.29 is 19.4 Å². The number of amides is 1. The molecular weight excluding hydrogens is 484 g/mol. The molecule has 1 aliphatic heterocycles. The number of Topliss-reactive ketones (excluding diaryl/α,β-unsaturated/α-hetero) is 1. The van der Waals surface area contributed by atoms with Crippen LogP contribution in [0.3, 0.4) is 0 Å². The van der Waals surface area contributed by atoms with E-state index in [0.717, 1.165) is 29.4 Å². The summed E-state index contributed by atoms with van der Waals surface area (Å²) in [6, 6.07) is 13.9. The zero-order valence-corrected chi connectivity index (χ0v) is 21.0. The summed E-state index contributed by atoms with van der Waals surface area (Å²) in [5.41, 5.74) is 1.34. The van der Waals surface area contributed by atoms with Gasteiger partial charge in [-0.25, -0.2) is 0 Å². The van der Waals surface area contributed by atoms with E-state index in [1.54, 1.807) is 23.1 Å². The van der Waals surface area contributed by atoms with Gasteiger partial charge in [-0.05, 0) is 63.3 Å². The fourth-order valence-electron chi connectivity index (χ4n) is 3.88. The van der Waals surface area contributed by atoms with E-state index >= 15 is 0 Å². The maximum absolute atomic E-state index is 13.1. The highest BCUT2D eigenvalue weighted by molar-refractivity contribution is 9.10. The van der Waals surface area contributed by atoms with Crippen LogP contribution in [0.15, 0.2) is 58.6 Å². The quantitative estimate of drug-likeness (QED) is 0.209. The Balaban J connectivity index is 2.02. The van der Waals surface area contributed by atoms with Gasteiger partial charge < -0.3 is 19.6 Å². The van der Waals surface area contributed by atoms with Crippen LogP contribution >= 0.6 is 15.9 Å². The number of benzene rings is 2. The first-order valence-corrected chi connectivity index (χ1v) is 12.0. The fraction of sp³-hybridized carbons (Fsp3) is 0.385. The molecule has 0 radical (unpaired) electrons. The van der Waals surface area contributed by atoms with Crippen LogP contribution in [-0.4, -0.2) is 60.4 Å². The molecule has 7 heteroatoms. The van der Waals surface area contributed by atoms with Crippen molar-refractivity contribution in [3.05, 3.63) is 69.7 Å². The Morgan fingerprint density at radius 2 is 1.85 bits per heavy atom. The van der Waals surface area contributed by atoms with E-state index in [1.165, 1.54) is 0 Å². The number of carbonyl (C=O) groups excluding carboxylic acids is 2. The Morgan fingerprint density at radius 1 is 1.12 bits per heavy atom. The monoisotopic (exact) mass is 514 g/mol. The molecule has 2 aromatic carbocycles. The third-order valence-corrected chi connectivity index (χ3v) is 6.13. The number of ketones is 1. The van der Waals surface area contributed by atoms with Crippen LogP contribution < -0.4 is 4.74 Å². The number of ether oxygens (including phenoxy) is 1. The summed E-state index contributed by atoms with van der Waals surface area (Å²) in [4.78, 5) is 29.7. The van der Waals surface area contributed by atoms with Gasteiger partial charge in [-0.2, -0.15) is 0 Å². The molecule has 1 heterocycles. The fourth-order valence-corrected chi connectivity index (χ4v) is 4.15. The number of hydrogen-bond donors (Lipinski definition) is 1. The molecule has 6 nitrogen and oxygen atoms in total. The van der Waals surface area contributed by atoms with E-state index in [0.29, 0.717) is 30.9 Å². The lowest BCUT2D eigenvalue weighted by Gasteiger charge is -2.26. The number of aliphatic hydroxyl groups excluding tert-OH is 1. The first kappa shape index (κ1) is 25.0. The normalized spacial score (nSPS) is 17.7. The number of aliphatic hydroxyl groups is 1. The molecule has 1 aliphatic rings. The van der Waals surface area contributed by atoms with Crippen LogP contribution in [0.25, 0.3) is 5.76 Å². The topological polar surface area (TPSA) is 70.1 Å². The van der Waals surface area contributed by atoms with Gasteiger partial charge in [0.1, 0.15) is 11.5 Å². The van der Waals surface area contributed by atoms with Crippen LogP contribution in [0.5, 0.6) is 5.75 Å². The minimum Gasteiger partial charge on any atom is -0.507 e. The average molecular weight is 515 g/mol. The molecule has 0 spiro atoms. The van der Waals surface area contributed by atoms with Gasteiger partial charge in [0.2, 0.25) is 0 Å². The molecule has 33 heavy (non-hydrogen) atoms. The molecule has 1 atom stereocenters. The molecule has 0 aliphatic carbocycles. The predicted molar refractivity (Wildman–Crippen MR) is 133 cm³/mol. The summed E-state index contributed by atoms with van der Waals surface area (Å²) < 4.78 is 6.66. The summed E-state index contributed by atoms with van der Waals surface area (Å²) in [6.45, 7) is 3.87. The van der Waals surface area contributed by atoms with Crippen molar-refractivity contribution in [1.29, 1.82) is 0 Å². The highest BCUT2D eigenvalue weighted by atomic mass is 79.9. The van der Waals surface area contributed by atoms with Crippen molar-refractivity contribution in [2.75, 3.05) is 33.8 Å². The maximum Gasteiger partial charge on any atom is 0.295 e. The number of nitrogens with zero attached hydrogens (tertiary/aromatic N) is 2. The third-order valence-electron chi connectivity index (χ3n) is 5.60. The summed E-state index contributed by atoms with van der Waals surface area (Å²) >= 11 is 3.44. The molecule has 3 rings (SSSR count). The summed E-state index contributed by atoms with van der Waals surface area (Å²) in [7, 11) is 3.94. The first-order chi connectivity index (χ1) is 15.8. The molecule has 1 fully saturated rings. The van der Waals surface area contributed by atoms with E-state index in [-0.39, 0.29) is 11.3 Å². The number of halogens is 1. The lowest BCUT2D eigenvalue weighted by atomic mass is 9.95. The molecule has 176 valence electrons. The van der Waals surface area contributed by atoms with E-state index in [9.17, 15) is 14.7 Å². The Hall–Kier alpha value is -2.64. The van der Waals surface area contributed by atoms with Gasteiger partial charge in [0.15, 0.2) is 0 Å². The van der Waals surface area contributed by atoms with Crippen LogP contribution in [-0.2, 0) is 9.59 Å². The second-order valence-electron chi connectivity index (χ2n) is 8.43. The van der Waals surface area contributed by atoms with Gasteiger partial charge in [0.25, 0.3) is 11.7 Å². The van der Waals surface area contributed by atoms with Crippen LogP contribution in [0.1, 0.15) is 43.4 Å². The molecule has 1 saturated heterocycles. The van der Waals surface area contributed by atoms with Gasteiger partial charge in [-0.3, -0.25) is 9.59 Å². The Bertz CT molecular complexity index is 1020. The first-order valence-electron chi connectivity index (χ1n) is 11.2. The standard InChI is InChI=1S/C26H31BrN2O4/c1-4-5-16-33-21-9-6-8-19(17-21)24(30)22-23(18-10-12-20(27)13-11-18)29(26(32)25(22)31)15-7-14-28(2)3/h6,8-13,17,23,30H,4-5,7,14-16H2,1-3H3. The molecule has 0 saturated carbocycles. The van der Waals surface area contributed by atoms with E-state index in [2.05, 4.69) is 22.9 Å². The van der Waals surface area contributed by atoms with Gasteiger partial charge in [0.05, 0.1) is 18.2 Å². The molecule has 1 N–H and O–H groups in total. The van der Waals surface area contributed by atoms with Crippen molar-refractivity contribution in [3.8, 4) is 5.75 Å². The molecular formula is C26H31BrN2O4. The molecule has 1 amide bonds. The SMILES string of the molecule is CCCCOc1cccc(C(O)=C2C(=O)C(=O)N(CCCN(C)C)C2c2ccc(Br)cc2)c1. The largest absolute Gasteiger partial charge is 0.507 e. The van der Waals surface area contributed by atoms with Gasteiger partial charge >= 0.3 is 0 Å². The summed E-state index contributed by atoms with van der Waals surface area (Å²) in [5, 5.41) is 11.2. The molecule has 2 aromatic rings. The Labute approximate surface area is 204 Å². The van der Waals surface area contributed by atoms with Crippen LogP contribution in [0.2, 0.25) is 0 Å². The third kappa shape index (κ3) is 6.03. The van der Waals surface area contributed by atoms with Crippen molar-refractivity contribution in [2.45, 2.75) is 32.2 Å². The Morgan fingerprint density at radius 3 is 2.52 bits per heavy atom. The van der Waals surface area contributed by atoms with Crippen LogP contribution in [0.4, 0.5) is 0 Å². The van der Waals surface area contributed by atoms with Gasteiger partial charge in [-0.15, -0.1) is 0 Å². The number of unbranched alkanes of at least 4 members (excludes halogenated alkanes) is 1. The van der Waals surface area contributed by atoms with Crippen molar-refractivity contribution >= 4 is 33.4 Å². The predicted octanol–water partition coefficient (Wildman–Crippen LogP) is 5.00. The van der Waals surface area contributed by atoms with Gasteiger partial charge in [0, 0.05) is 16.6 Å². The molecule has 1 unspecified atom stereocenters. The highest BCUT2D eigenvalue weighted by Gasteiger charge is 2.45. The van der Waals surface area contributed by atoms with Crippen molar-refractivity contribution in [2.24, 2.45) is 0 Å². The second kappa shape index (κ2) is 11.5. The van der Waals surface area contributed by atoms with Crippen LogP contribution in [0, 0.1) is 0 Å². The number of hydrogen-bond acceptors (Lipinski definition) is 5. The van der Waals surface area contributed by atoms with Crippen molar-refractivity contribution in [1.82, 2.24) is 9.80 Å². The summed E-state index contributed by atoms with van der Waals surface area (Å²) in [5.74, 6) is -0.814. The van der Waals surface area contributed by atoms with E-state index < -0.39 is 17.7 Å². The smallest absolute Gasteiger partial charge is 0.295 e. The maximum atomic E-state index is 13.1. The van der Waals surface area contributed by atoms with E-state index in [1.807, 2.05) is 49.3 Å². The minimum atomic E-state index is -0.664. The molecule has 0 aromatic heterocycles. The second-order valence-corrected chi connectivity index (χ2v) is 9.35. The van der Waals surface area contributed by atoms with Gasteiger partial charge in [-0.1, -0.05) is 53.5 Å². The van der Waals surface area contributed by atoms with Crippen molar-refractivity contribution in [3.63, 3.8) is 0 Å². The zero-order valence-electron chi connectivity index (χ0n) is 19.4. The highest BCUT2D eigenvalue weighted by Crippen LogP contribution is 2.40. The van der Waals surface area contributed by atoms with E-state index in [4.69, 9.17) is 4.74 Å². The minimum absolute atomic E-state index is 0.109. The number of likely N-dealkylation sites (tertiary alicyclic amines) is 1. The Kier molecular flexibility index (Phi) is 8.69.